The van der Waals surface area contributed by atoms with Crippen LogP contribution in [-0.2, 0) is 23.7 Å². The molecule has 0 aromatic heterocycles. The first-order valence-electron chi connectivity index (χ1n) is 6.24. The third kappa shape index (κ3) is 2.20. The van der Waals surface area contributed by atoms with Crippen LogP contribution >= 0.6 is 22.6 Å². The standard InChI is InChI=1S/C12H19IO5/c1-11(2)15-7-6(5-13)14-10-9(8(7)16-11)17-12(3,4)18-10/h6-10H,5H2,1-4H3/t6?,7-,8-,9?,10+/m0/s1. The number of hydrogen-bond acceptors (Lipinski definition) is 5. The molecule has 104 valence electrons. The summed E-state index contributed by atoms with van der Waals surface area (Å²) < 4.78 is 30.4. The van der Waals surface area contributed by atoms with E-state index in [4.69, 9.17) is 23.7 Å². The second-order valence-corrected chi connectivity index (χ2v) is 6.74. The molecule has 3 fully saturated rings. The minimum absolute atomic E-state index is 0.0175. The molecule has 18 heavy (non-hydrogen) atoms. The SMILES string of the molecule is CC1(C)OC2[C@H](OC(CI)[C@@H]3OC(C)(C)O[C@H]23)O1. The van der Waals surface area contributed by atoms with E-state index >= 15 is 0 Å². The molecule has 3 aliphatic rings. The molecule has 6 heteroatoms. The van der Waals surface area contributed by atoms with E-state index in [-0.39, 0.29) is 30.7 Å². The zero-order valence-corrected chi connectivity index (χ0v) is 13.2. The molecule has 3 rings (SSSR count). The summed E-state index contributed by atoms with van der Waals surface area (Å²) in [5, 5.41) is 0. The van der Waals surface area contributed by atoms with Crippen molar-refractivity contribution in [3.05, 3.63) is 0 Å². The largest absolute Gasteiger partial charge is 0.343 e. The van der Waals surface area contributed by atoms with Crippen LogP contribution in [0.5, 0.6) is 0 Å². The van der Waals surface area contributed by atoms with Crippen LogP contribution in [0.1, 0.15) is 27.7 Å². The lowest BCUT2D eigenvalue weighted by Crippen LogP contribution is -2.55. The Morgan fingerprint density at radius 3 is 2.06 bits per heavy atom. The van der Waals surface area contributed by atoms with Crippen molar-refractivity contribution in [3.63, 3.8) is 0 Å². The predicted octanol–water partition coefficient (Wildman–Crippen LogP) is 1.82. The molecule has 5 nitrogen and oxygen atoms in total. The van der Waals surface area contributed by atoms with Crippen molar-refractivity contribution in [2.24, 2.45) is 0 Å². The van der Waals surface area contributed by atoms with Crippen LogP contribution in [0.25, 0.3) is 0 Å². The van der Waals surface area contributed by atoms with Crippen molar-refractivity contribution in [3.8, 4) is 0 Å². The smallest absolute Gasteiger partial charge is 0.190 e. The first kappa shape index (κ1) is 13.5. The summed E-state index contributed by atoms with van der Waals surface area (Å²) >= 11 is 2.30. The minimum atomic E-state index is -0.629. The van der Waals surface area contributed by atoms with Crippen LogP contribution in [-0.4, -0.2) is 46.7 Å². The Kier molecular flexibility index (Phi) is 3.20. The zero-order valence-electron chi connectivity index (χ0n) is 11.0. The minimum Gasteiger partial charge on any atom is -0.343 e. The summed E-state index contributed by atoms with van der Waals surface area (Å²) in [5.41, 5.74) is 0. The van der Waals surface area contributed by atoms with Gasteiger partial charge in [0.15, 0.2) is 17.9 Å². The van der Waals surface area contributed by atoms with Crippen LogP contribution in [0.3, 0.4) is 0 Å². The molecule has 3 saturated heterocycles. The average molecular weight is 370 g/mol. The lowest BCUT2D eigenvalue weighted by molar-refractivity contribution is -0.227. The molecule has 0 radical (unpaired) electrons. The Hall–Kier alpha value is 0.530. The Morgan fingerprint density at radius 1 is 0.833 bits per heavy atom. The fourth-order valence-corrected chi connectivity index (χ4v) is 3.53. The molecule has 0 aromatic rings. The molecule has 3 heterocycles. The van der Waals surface area contributed by atoms with E-state index in [9.17, 15) is 0 Å². The average Bonchev–Trinajstić information content (AvgIpc) is 2.71. The van der Waals surface area contributed by atoms with Gasteiger partial charge in [-0.25, -0.2) is 0 Å². The van der Waals surface area contributed by atoms with Crippen LogP contribution < -0.4 is 0 Å². The number of ether oxygens (including phenoxy) is 5. The van der Waals surface area contributed by atoms with Crippen molar-refractivity contribution < 1.29 is 23.7 Å². The molecule has 0 amide bonds. The second-order valence-electron chi connectivity index (χ2n) is 5.86. The van der Waals surface area contributed by atoms with Gasteiger partial charge < -0.3 is 23.7 Å². The molecule has 0 aliphatic carbocycles. The first-order chi connectivity index (χ1) is 8.31. The summed E-state index contributed by atoms with van der Waals surface area (Å²) in [7, 11) is 0. The van der Waals surface area contributed by atoms with Crippen molar-refractivity contribution in [1.82, 2.24) is 0 Å². The molecule has 5 atom stereocenters. The van der Waals surface area contributed by atoms with Gasteiger partial charge in [0.2, 0.25) is 0 Å². The fraction of sp³-hybridized carbons (Fsp3) is 1.00. The number of fused-ring (bicyclic) bond motifs is 3. The topological polar surface area (TPSA) is 46.2 Å². The van der Waals surface area contributed by atoms with Gasteiger partial charge in [0.1, 0.15) is 18.3 Å². The zero-order chi connectivity index (χ0) is 13.1. The van der Waals surface area contributed by atoms with E-state index in [0.717, 1.165) is 4.43 Å². The summed E-state index contributed by atoms with van der Waals surface area (Å²) in [5.74, 6) is -1.22. The lowest BCUT2D eigenvalue weighted by Gasteiger charge is -2.36. The van der Waals surface area contributed by atoms with Gasteiger partial charge in [-0.2, -0.15) is 0 Å². The highest BCUT2D eigenvalue weighted by Crippen LogP contribution is 2.44. The molecule has 0 spiro atoms. The number of alkyl halides is 1. The lowest BCUT2D eigenvalue weighted by atomic mass is 10.0. The second kappa shape index (κ2) is 4.26. The molecule has 2 unspecified atom stereocenters. The Balaban J connectivity index is 1.86. The van der Waals surface area contributed by atoms with Gasteiger partial charge in [-0.3, -0.25) is 0 Å². The number of hydrogen-bond donors (Lipinski definition) is 0. The summed E-state index contributed by atoms with van der Waals surface area (Å²) in [6, 6.07) is 0. The van der Waals surface area contributed by atoms with Gasteiger partial charge in [0.05, 0.1) is 6.10 Å². The third-order valence-electron chi connectivity index (χ3n) is 3.40. The van der Waals surface area contributed by atoms with E-state index < -0.39 is 11.6 Å². The molecule has 0 N–H and O–H groups in total. The van der Waals surface area contributed by atoms with Gasteiger partial charge >= 0.3 is 0 Å². The van der Waals surface area contributed by atoms with E-state index in [2.05, 4.69) is 22.6 Å². The highest BCUT2D eigenvalue weighted by molar-refractivity contribution is 14.1. The maximum atomic E-state index is 5.98. The van der Waals surface area contributed by atoms with Crippen molar-refractivity contribution in [2.45, 2.75) is 70.0 Å². The van der Waals surface area contributed by atoms with Gasteiger partial charge in [0, 0.05) is 4.43 Å². The highest BCUT2D eigenvalue weighted by atomic mass is 127. The Bertz CT molecular complexity index is 345. The van der Waals surface area contributed by atoms with Crippen LogP contribution in [0, 0.1) is 0 Å². The summed E-state index contributed by atoms with van der Waals surface area (Å²) in [6.45, 7) is 7.63. The van der Waals surface area contributed by atoms with Gasteiger partial charge in [-0.15, -0.1) is 0 Å². The maximum absolute atomic E-state index is 5.98. The fourth-order valence-electron chi connectivity index (χ4n) is 2.82. The quantitative estimate of drug-likeness (QED) is 0.521. The Labute approximate surface area is 121 Å². The van der Waals surface area contributed by atoms with E-state index in [1.54, 1.807) is 0 Å². The monoisotopic (exact) mass is 370 g/mol. The normalized spacial score (nSPS) is 48.8. The van der Waals surface area contributed by atoms with Gasteiger partial charge in [0.25, 0.3) is 0 Å². The molecule has 0 saturated carbocycles. The third-order valence-corrected chi connectivity index (χ3v) is 4.27. The van der Waals surface area contributed by atoms with Crippen LogP contribution in [0.2, 0.25) is 0 Å². The number of rotatable bonds is 1. The van der Waals surface area contributed by atoms with E-state index in [1.165, 1.54) is 0 Å². The first-order valence-corrected chi connectivity index (χ1v) is 7.77. The molecule has 3 aliphatic heterocycles. The maximum Gasteiger partial charge on any atom is 0.190 e. The summed E-state index contributed by atoms with van der Waals surface area (Å²) in [4.78, 5) is 0. The van der Waals surface area contributed by atoms with Crippen molar-refractivity contribution in [1.29, 1.82) is 0 Å². The predicted molar refractivity (Wildman–Crippen MR) is 71.4 cm³/mol. The van der Waals surface area contributed by atoms with Gasteiger partial charge in [-0.1, -0.05) is 22.6 Å². The molecular weight excluding hydrogens is 351 g/mol. The molecule has 0 bridgehead atoms. The number of halogens is 1. The van der Waals surface area contributed by atoms with Crippen LogP contribution in [0.15, 0.2) is 0 Å². The molecule has 0 aromatic carbocycles. The van der Waals surface area contributed by atoms with Crippen LogP contribution in [0.4, 0.5) is 0 Å². The summed E-state index contributed by atoms with van der Waals surface area (Å²) in [6.07, 6.45) is -0.809. The van der Waals surface area contributed by atoms with Crippen molar-refractivity contribution in [2.75, 3.05) is 4.43 Å². The van der Waals surface area contributed by atoms with Gasteiger partial charge in [-0.05, 0) is 27.7 Å². The molecular formula is C12H19IO5. The van der Waals surface area contributed by atoms with E-state index in [0.29, 0.717) is 0 Å². The van der Waals surface area contributed by atoms with Crippen molar-refractivity contribution >= 4 is 22.6 Å². The highest BCUT2D eigenvalue weighted by Gasteiger charge is 2.60. The van der Waals surface area contributed by atoms with E-state index in [1.807, 2.05) is 27.7 Å². The Morgan fingerprint density at radius 2 is 1.39 bits per heavy atom.